The maximum atomic E-state index is 11.6. The molecule has 0 aliphatic carbocycles. The lowest BCUT2D eigenvalue weighted by atomic mass is 9.97. The summed E-state index contributed by atoms with van der Waals surface area (Å²) in [6.07, 6.45) is 0.616. The van der Waals surface area contributed by atoms with Crippen molar-refractivity contribution >= 4 is 5.97 Å². The van der Waals surface area contributed by atoms with Crippen molar-refractivity contribution in [1.82, 2.24) is 0 Å². The van der Waals surface area contributed by atoms with Gasteiger partial charge >= 0.3 is 5.97 Å². The first-order chi connectivity index (χ1) is 10.8. The zero-order valence-electron chi connectivity index (χ0n) is 12.5. The van der Waals surface area contributed by atoms with Gasteiger partial charge in [0.15, 0.2) is 0 Å². The normalized spacial score (nSPS) is 16.3. The number of carbonyl (C=O) groups is 1. The molecule has 0 bridgehead atoms. The van der Waals surface area contributed by atoms with Crippen LogP contribution in [-0.4, -0.2) is 19.7 Å². The Morgan fingerprint density at radius 3 is 2.82 bits per heavy atom. The van der Waals surface area contributed by atoms with Crippen LogP contribution in [0.25, 0.3) is 0 Å². The molecule has 0 amide bonds. The third-order valence-electron chi connectivity index (χ3n) is 3.72. The van der Waals surface area contributed by atoms with E-state index in [9.17, 15) is 4.79 Å². The van der Waals surface area contributed by atoms with Crippen LogP contribution >= 0.6 is 0 Å². The minimum absolute atomic E-state index is 0.235. The first-order valence-electron chi connectivity index (χ1n) is 7.26. The van der Waals surface area contributed by atoms with E-state index in [1.54, 1.807) is 0 Å². The minimum atomic E-state index is -0.248. The molecule has 4 nitrogen and oxygen atoms in total. The van der Waals surface area contributed by atoms with E-state index in [2.05, 4.69) is 0 Å². The number of fused-ring (bicyclic) bond motifs is 1. The predicted molar refractivity (Wildman–Crippen MR) is 81.9 cm³/mol. The van der Waals surface area contributed by atoms with Crippen molar-refractivity contribution in [3.05, 3.63) is 59.7 Å². The standard InChI is InChI=1S/C18H18O4/c1-20-18(19)15-9-14-10-16(7-8-17(14)22-12-15)21-11-13-5-3-2-4-6-13/h2-8,10,15H,9,11-12H2,1H3. The van der Waals surface area contributed by atoms with Crippen LogP contribution < -0.4 is 9.47 Å². The van der Waals surface area contributed by atoms with E-state index >= 15 is 0 Å². The van der Waals surface area contributed by atoms with Crippen LogP contribution in [-0.2, 0) is 22.6 Å². The van der Waals surface area contributed by atoms with Gasteiger partial charge in [0.05, 0.1) is 13.0 Å². The second-order valence-electron chi connectivity index (χ2n) is 5.28. The van der Waals surface area contributed by atoms with Gasteiger partial charge in [-0.2, -0.15) is 0 Å². The average Bonchev–Trinajstić information content (AvgIpc) is 2.59. The lowest BCUT2D eigenvalue weighted by Gasteiger charge is -2.24. The number of hydrogen-bond donors (Lipinski definition) is 0. The van der Waals surface area contributed by atoms with Gasteiger partial charge in [0.2, 0.25) is 0 Å². The van der Waals surface area contributed by atoms with Gasteiger partial charge in [-0.3, -0.25) is 4.79 Å². The molecule has 4 heteroatoms. The zero-order valence-corrected chi connectivity index (χ0v) is 12.5. The van der Waals surface area contributed by atoms with Crippen LogP contribution in [0.1, 0.15) is 11.1 Å². The summed E-state index contributed by atoms with van der Waals surface area (Å²) >= 11 is 0. The van der Waals surface area contributed by atoms with Crippen molar-refractivity contribution in [3.63, 3.8) is 0 Å². The fraction of sp³-hybridized carbons (Fsp3) is 0.278. The van der Waals surface area contributed by atoms with Crippen molar-refractivity contribution in [2.24, 2.45) is 5.92 Å². The number of ether oxygens (including phenoxy) is 3. The Hall–Kier alpha value is -2.49. The average molecular weight is 298 g/mol. The van der Waals surface area contributed by atoms with Gasteiger partial charge in [-0.25, -0.2) is 0 Å². The molecule has 22 heavy (non-hydrogen) atoms. The van der Waals surface area contributed by atoms with Crippen LogP contribution in [0.4, 0.5) is 0 Å². The number of benzene rings is 2. The maximum absolute atomic E-state index is 11.6. The van der Waals surface area contributed by atoms with Gasteiger partial charge in [0.1, 0.15) is 24.7 Å². The highest BCUT2D eigenvalue weighted by Crippen LogP contribution is 2.31. The predicted octanol–water partition coefficient (Wildman–Crippen LogP) is 2.99. The van der Waals surface area contributed by atoms with E-state index in [1.807, 2.05) is 48.5 Å². The summed E-state index contributed by atoms with van der Waals surface area (Å²) in [5.74, 6) is 1.10. The lowest BCUT2D eigenvalue weighted by molar-refractivity contribution is -0.146. The molecule has 0 spiro atoms. The second-order valence-corrected chi connectivity index (χ2v) is 5.28. The van der Waals surface area contributed by atoms with E-state index < -0.39 is 0 Å². The summed E-state index contributed by atoms with van der Waals surface area (Å²) in [7, 11) is 1.40. The van der Waals surface area contributed by atoms with E-state index in [0.717, 1.165) is 22.6 Å². The fourth-order valence-corrected chi connectivity index (χ4v) is 2.52. The molecule has 0 fully saturated rings. The SMILES string of the molecule is COC(=O)C1COc2ccc(OCc3ccccc3)cc2C1. The van der Waals surface area contributed by atoms with Crippen LogP contribution in [0.2, 0.25) is 0 Å². The number of rotatable bonds is 4. The van der Waals surface area contributed by atoms with Crippen LogP contribution in [0.15, 0.2) is 48.5 Å². The number of carbonyl (C=O) groups excluding carboxylic acids is 1. The van der Waals surface area contributed by atoms with Crippen LogP contribution in [0.3, 0.4) is 0 Å². The maximum Gasteiger partial charge on any atom is 0.312 e. The van der Waals surface area contributed by atoms with Gasteiger partial charge in [-0.15, -0.1) is 0 Å². The third-order valence-corrected chi connectivity index (χ3v) is 3.72. The smallest absolute Gasteiger partial charge is 0.312 e. The molecular weight excluding hydrogens is 280 g/mol. The lowest BCUT2D eigenvalue weighted by Crippen LogP contribution is -2.29. The van der Waals surface area contributed by atoms with Crippen molar-refractivity contribution in [2.45, 2.75) is 13.0 Å². The Bertz CT molecular complexity index is 651. The number of hydrogen-bond acceptors (Lipinski definition) is 4. The van der Waals surface area contributed by atoms with Crippen molar-refractivity contribution in [3.8, 4) is 11.5 Å². The Morgan fingerprint density at radius 1 is 1.23 bits per heavy atom. The molecule has 1 unspecified atom stereocenters. The first-order valence-corrected chi connectivity index (χ1v) is 7.26. The summed E-state index contributed by atoms with van der Waals surface area (Å²) in [5.41, 5.74) is 2.09. The first kappa shape index (κ1) is 14.4. The van der Waals surface area contributed by atoms with Crippen molar-refractivity contribution < 1.29 is 19.0 Å². The zero-order chi connectivity index (χ0) is 15.4. The van der Waals surface area contributed by atoms with E-state index in [1.165, 1.54) is 7.11 Å². The molecular formula is C18H18O4. The molecule has 114 valence electrons. The summed E-state index contributed by atoms with van der Waals surface area (Å²) in [4.78, 5) is 11.6. The Labute approximate surface area is 129 Å². The molecule has 2 aromatic carbocycles. The second kappa shape index (κ2) is 6.52. The highest BCUT2D eigenvalue weighted by atomic mass is 16.5. The van der Waals surface area contributed by atoms with Gasteiger partial charge in [0.25, 0.3) is 0 Å². The molecule has 0 saturated carbocycles. The quantitative estimate of drug-likeness (QED) is 0.814. The molecule has 1 aliphatic rings. The fourth-order valence-electron chi connectivity index (χ4n) is 2.52. The monoisotopic (exact) mass is 298 g/mol. The number of methoxy groups -OCH3 is 1. The summed E-state index contributed by atoms with van der Waals surface area (Å²) in [6, 6.07) is 15.7. The van der Waals surface area contributed by atoms with Crippen LogP contribution in [0, 0.1) is 5.92 Å². The number of esters is 1. The molecule has 0 N–H and O–H groups in total. The van der Waals surface area contributed by atoms with Gasteiger partial charge in [-0.05, 0) is 35.7 Å². The molecule has 1 aliphatic heterocycles. The molecule has 1 atom stereocenters. The summed E-state index contributed by atoms with van der Waals surface area (Å²) in [5, 5.41) is 0. The molecule has 0 saturated heterocycles. The van der Waals surface area contributed by atoms with Crippen LogP contribution in [0.5, 0.6) is 11.5 Å². The van der Waals surface area contributed by atoms with Crippen molar-refractivity contribution in [2.75, 3.05) is 13.7 Å². The van der Waals surface area contributed by atoms with E-state index in [4.69, 9.17) is 14.2 Å². The molecule has 0 aromatic heterocycles. The molecule has 3 rings (SSSR count). The highest BCUT2D eigenvalue weighted by molar-refractivity contribution is 5.73. The largest absolute Gasteiger partial charge is 0.492 e. The van der Waals surface area contributed by atoms with Gasteiger partial charge < -0.3 is 14.2 Å². The summed E-state index contributed by atoms with van der Waals surface area (Å²) in [6.45, 7) is 0.880. The highest BCUT2D eigenvalue weighted by Gasteiger charge is 2.26. The van der Waals surface area contributed by atoms with Crippen molar-refractivity contribution in [1.29, 1.82) is 0 Å². The molecule has 0 radical (unpaired) electrons. The van der Waals surface area contributed by atoms with Gasteiger partial charge in [-0.1, -0.05) is 30.3 Å². The Morgan fingerprint density at radius 2 is 2.05 bits per heavy atom. The Kier molecular flexibility index (Phi) is 4.28. The van der Waals surface area contributed by atoms with E-state index in [-0.39, 0.29) is 11.9 Å². The topological polar surface area (TPSA) is 44.8 Å². The Balaban J connectivity index is 1.69. The molecule has 1 heterocycles. The third kappa shape index (κ3) is 3.22. The molecule has 2 aromatic rings. The summed E-state index contributed by atoms with van der Waals surface area (Å²) < 4.78 is 16.2. The minimum Gasteiger partial charge on any atom is -0.492 e. The van der Waals surface area contributed by atoms with Gasteiger partial charge in [0, 0.05) is 0 Å². The van der Waals surface area contributed by atoms with E-state index in [0.29, 0.717) is 19.6 Å².